The fourth-order valence-corrected chi connectivity index (χ4v) is 2.71. The lowest BCUT2D eigenvalue weighted by molar-refractivity contribution is -0.139. The van der Waals surface area contributed by atoms with Crippen LogP contribution in [-0.4, -0.2) is 73.5 Å². The summed E-state index contributed by atoms with van der Waals surface area (Å²) in [6, 6.07) is 8.25. The Bertz CT molecular complexity index is 644. The van der Waals surface area contributed by atoms with E-state index < -0.39 is 31.1 Å². The molecule has 1 rings (SSSR count). The first-order chi connectivity index (χ1) is 15.5. The van der Waals surface area contributed by atoms with E-state index in [0.29, 0.717) is 25.3 Å². The molecule has 0 aliphatic carbocycles. The molecule has 0 saturated carbocycles. The highest BCUT2D eigenvalue weighted by atomic mass is 19.2. The third-order valence-corrected chi connectivity index (χ3v) is 4.30. The van der Waals surface area contributed by atoms with E-state index in [9.17, 15) is 18.6 Å². The number of carbonyl (C=O) groups is 2. The Morgan fingerprint density at radius 1 is 1.06 bits per heavy atom. The summed E-state index contributed by atoms with van der Waals surface area (Å²) in [7, 11) is 0. The first-order valence-electron chi connectivity index (χ1n) is 10.6. The van der Waals surface area contributed by atoms with Gasteiger partial charge in [0.25, 0.3) is 0 Å². The second-order valence-corrected chi connectivity index (χ2v) is 6.92. The molecule has 1 atom stereocenters. The van der Waals surface area contributed by atoms with Gasteiger partial charge in [0.1, 0.15) is 26.0 Å². The molecule has 0 aliphatic rings. The lowest BCUT2D eigenvalue weighted by Gasteiger charge is -2.25. The van der Waals surface area contributed by atoms with Crippen LogP contribution in [0, 0.1) is 0 Å². The average Bonchev–Trinajstić information content (AvgIpc) is 2.77. The van der Waals surface area contributed by atoms with Crippen molar-refractivity contribution in [3.63, 3.8) is 0 Å². The number of benzene rings is 1. The average molecular weight is 461 g/mol. The normalized spacial score (nSPS) is 12.2. The molecule has 1 aromatic rings. The van der Waals surface area contributed by atoms with Gasteiger partial charge >= 0.3 is 0 Å². The van der Waals surface area contributed by atoms with E-state index in [2.05, 4.69) is 21.4 Å². The number of nitrogens with one attached hydrogen (secondary N) is 4. The van der Waals surface area contributed by atoms with Crippen LogP contribution < -0.4 is 21.4 Å². The maximum atomic E-state index is 14.8. The fourth-order valence-electron chi connectivity index (χ4n) is 2.71. The van der Waals surface area contributed by atoms with Gasteiger partial charge in [0.15, 0.2) is 0 Å². The second kappa shape index (κ2) is 17.3. The first kappa shape index (κ1) is 27.8. The third kappa shape index (κ3) is 12.6. The van der Waals surface area contributed by atoms with E-state index in [1.54, 1.807) is 37.3 Å². The summed E-state index contributed by atoms with van der Waals surface area (Å²) in [5.41, 5.74) is 2.47. The standard InChI is InChI=1S/C20H34F2N6O4/c1-2-32-16-24-18(29)14-28(22)20(17-9-5-3-6-10-17)26-19(30)13-27(21)15-23-11-7-4-8-12-25-31/h3,5-6,9-10,20,23,25,31H,2,4,7-8,11-16H2,1H3,(H,24,29)(H,26,30). The number of hydrogen-bond acceptors (Lipinski definition) is 8. The molecule has 10 nitrogen and oxygen atoms in total. The number of amides is 2. The lowest BCUT2D eigenvalue weighted by atomic mass is 10.1. The Kier molecular flexibility index (Phi) is 15.1. The topological polar surface area (TPSA) is 118 Å². The number of rotatable bonds is 18. The first-order valence-corrected chi connectivity index (χ1v) is 10.6. The van der Waals surface area contributed by atoms with Crippen molar-refractivity contribution >= 4 is 11.8 Å². The van der Waals surface area contributed by atoms with Crippen molar-refractivity contribution < 1.29 is 28.5 Å². The number of carbonyl (C=O) groups excluding carboxylic acids is 2. The molecule has 12 heteroatoms. The van der Waals surface area contributed by atoms with E-state index in [1.807, 2.05) is 0 Å². The van der Waals surface area contributed by atoms with Crippen LogP contribution in [0.3, 0.4) is 0 Å². The van der Waals surface area contributed by atoms with Crippen molar-refractivity contribution in [2.24, 2.45) is 0 Å². The van der Waals surface area contributed by atoms with E-state index in [4.69, 9.17) is 9.94 Å². The fraction of sp³-hybridized carbons (Fsp3) is 0.600. The van der Waals surface area contributed by atoms with Crippen LogP contribution in [0.1, 0.15) is 37.9 Å². The monoisotopic (exact) mass is 460 g/mol. The van der Waals surface area contributed by atoms with Crippen molar-refractivity contribution in [2.75, 3.05) is 46.2 Å². The van der Waals surface area contributed by atoms with Gasteiger partial charge in [0.2, 0.25) is 11.8 Å². The summed E-state index contributed by atoms with van der Waals surface area (Å²) in [4.78, 5) is 24.2. The molecule has 0 radical (unpaired) electrons. The molecule has 182 valence electrons. The minimum absolute atomic E-state index is 0.0479. The van der Waals surface area contributed by atoms with Crippen molar-refractivity contribution in [2.45, 2.75) is 32.4 Å². The van der Waals surface area contributed by atoms with Gasteiger partial charge in [0, 0.05) is 13.2 Å². The summed E-state index contributed by atoms with van der Waals surface area (Å²) < 4.78 is 33.8. The second-order valence-electron chi connectivity index (χ2n) is 6.92. The van der Waals surface area contributed by atoms with Gasteiger partial charge in [-0.1, -0.05) is 36.8 Å². The van der Waals surface area contributed by atoms with Crippen LogP contribution in [0.25, 0.3) is 0 Å². The predicted molar refractivity (Wildman–Crippen MR) is 114 cm³/mol. The highest BCUT2D eigenvalue weighted by Crippen LogP contribution is 2.18. The zero-order valence-electron chi connectivity index (χ0n) is 18.4. The Hall–Kier alpha value is -2.22. The maximum Gasteiger partial charge on any atom is 0.238 e. The summed E-state index contributed by atoms with van der Waals surface area (Å²) in [6.45, 7) is 1.75. The summed E-state index contributed by atoms with van der Waals surface area (Å²) in [5, 5.41) is 16.6. The van der Waals surface area contributed by atoms with Gasteiger partial charge in [-0.05, 0) is 31.9 Å². The number of hydrogen-bond donors (Lipinski definition) is 5. The van der Waals surface area contributed by atoms with Crippen molar-refractivity contribution in [3.05, 3.63) is 35.9 Å². The predicted octanol–water partition coefficient (Wildman–Crippen LogP) is 0.981. The smallest absolute Gasteiger partial charge is 0.238 e. The van der Waals surface area contributed by atoms with E-state index in [1.165, 1.54) is 0 Å². The summed E-state index contributed by atoms with van der Waals surface area (Å²) in [6.07, 6.45) is 1.18. The zero-order valence-corrected chi connectivity index (χ0v) is 18.4. The number of unbranched alkanes of at least 4 members (excludes halogenated alkanes) is 2. The van der Waals surface area contributed by atoms with Crippen LogP contribution in [0.5, 0.6) is 0 Å². The Balaban J connectivity index is 2.51. The highest BCUT2D eigenvalue weighted by Gasteiger charge is 2.25. The van der Waals surface area contributed by atoms with Gasteiger partial charge in [-0.25, -0.2) is 5.48 Å². The van der Waals surface area contributed by atoms with Crippen LogP contribution in [-0.2, 0) is 14.3 Å². The van der Waals surface area contributed by atoms with Gasteiger partial charge in [0.05, 0.1) is 6.67 Å². The van der Waals surface area contributed by atoms with Crippen LogP contribution >= 0.6 is 0 Å². The molecule has 32 heavy (non-hydrogen) atoms. The number of hydroxylamine groups is 1. The number of halogens is 2. The van der Waals surface area contributed by atoms with E-state index >= 15 is 0 Å². The van der Waals surface area contributed by atoms with Crippen molar-refractivity contribution in [1.29, 1.82) is 0 Å². The maximum absolute atomic E-state index is 14.8. The van der Waals surface area contributed by atoms with Gasteiger partial charge < -0.3 is 25.9 Å². The van der Waals surface area contributed by atoms with Crippen LogP contribution in [0.15, 0.2) is 30.3 Å². The van der Waals surface area contributed by atoms with E-state index in [-0.39, 0.29) is 23.6 Å². The molecule has 0 heterocycles. The molecular weight excluding hydrogens is 426 g/mol. The van der Waals surface area contributed by atoms with Gasteiger partial charge in [-0.3, -0.25) is 9.59 Å². The highest BCUT2D eigenvalue weighted by molar-refractivity contribution is 5.79. The largest absolute Gasteiger partial charge is 0.362 e. The number of ether oxygens (including phenoxy) is 1. The quantitative estimate of drug-likeness (QED) is 0.0953. The Morgan fingerprint density at radius 2 is 1.78 bits per heavy atom. The molecule has 2 amide bonds. The minimum Gasteiger partial charge on any atom is -0.362 e. The van der Waals surface area contributed by atoms with Gasteiger partial charge in [-0.15, -0.1) is 19.2 Å². The molecule has 0 aliphatic heterocycles. The molecular formula is C20H34F2N6O4. The summed E-state index contributed by atoms with van der Waals surface area (Å²) >= 11 is 0. The minimum atomic E-state index is -1.26. The molecule has 0 fully saturated rings. The molecule has 0 bridgehead atoms. The molecule has 0 saturated heterocycles. The van der Waals surface area contributed by atoms with Gasteiger partial charge in [-0.2, -0.15) is 0 Å². The lowest BCUT2D eigenvalue weighted by Crippen LogP contribution is -2.45. The Labute approximate surface area is 187 Å². The third-order valence-electron chi connectivity index (χ3n) is 4.30. The van der Waals surface area contributed by atoms with Crippen molar-refractivity contribution in [3.8, 4) is 0 Å². The zero-order chi connectivity index (χ0) is 23.6. The van der Waals surface area contributed by atoms with Crippen molar-refractivity contribution in [1.82, 2.24) is 31.7 Å². The molecule has 1 aromatic carbocycles. The summed E-state index contributed by atoms with van der Waals surface area (Å²) in [5.74, 6) is -1.36. The molecule has 5 N–H and O–H groups in total. The molecule has 0 aromatic heterocycles. The van der Waals surface area contributed by atoms with E-state index in [0.717, 1.165) is 19.3 Å². The van der Waals surface area contributed by atoms with Crippen LogP contribution in [0.4, 0.5) is 8.96 Å². The number of nitrogens with zero attached hydrogens (tertiary/aromatic N) is 2. The molecule has 0 spiro atoms. The van der Waals surface area contributed by atoms with Crippen LogP contribution in [0.2, 0.25) is 0 Å². The SMILES string of the molecule is CCOCNC(=O)CN(F)C(NC(=O)CN(F)CNCCCCCNO)c1ccccc1. The molecule has 1 unspecified atom stereocenters. The Morgan fingerprint density at radius 3 is 2.47 bits per heavy atom.